The maximum absolute atomic E-state index is 13.9. The van der Waals surface area contributed by atoms with Gasteiger partial charge in [-0.25, -0.2) is 0 Å². The molecular weight excluding hydrogens is 515 g/mol. The smallest absolute Gasteiger partial charge is 0.243 e. The second-order valence-electron chi connectivity index (χ2n) is 9.22. The summed E-state index contributed by atoms with van der Waals surface area (Å²) in [4.78, 5) is 29.2. The van der Waals surface area contributed by atoms with Crippen molar-refractivity contribution >= 4 is 46.6 Å². The highest BCUT2D eigenvalue weighted by atomic mass is 35.5. The van der Waals surface area contributed by atoms with Crippen LogP contribution in [0.4, 0.5) is 0 Å². The van der Waals surface area contributed by atoms with Crippen molar-refractivity contribution in [1.29, 1.82) is 0 Å². The number of hydrogen-bond acceptors (Lipinski definition) is 2. The summed E-state index contributed by atoms with van der Waals surface area (Å²) in [6, 6.07) is 21.7. The third kappa shape index (κ3) is 7.03. The molecule has 0 bridgehead atoms. The van der Waals surface area contributed by atoms with E-state index in [0.29, 0.717) is 27.1 Å². The average molecular weight is 544 g/mol. The number of halogens is 3. The zero-order chi connectivity index (χ0) is 25.5. The molecule has 0 unspecified atom stereocenters. The quantitative estimate of drug-likeness (QED) is 0.319. The Balaban J connectivity index is 1.69. The van der Waals surface area contributed by atoms with Gasteiger partial charge < -0.3 is 10.2 Å². The van der Waals surface area contributed by atoms with Crippen LogP contribution in [-0.4, -0.2) is 28.8 Å². The van der Waals surface area contributed by atoms with Gasteiger partial charge in [-0.1, -0.05) is 96.2 Å². The van der Waals surface area contributed by atoms with Crippen LogP contribution in [0.1, 0.15) is 42.4 Å². The van der Waals surface area contributed by atoms with Crippen LogP contribution in [0.15, 0.2) is 72.8 Å². The van der Waals surface area contributed by atoms with Crippen molar-refractivity contribution < 1.29 is 9.59 Å². The first-order valence-corrected chi connectivity index (χ1v) is 13.3. The Morgan fingerprint density at radius 2 is 1.50 bits per heavy atom. The van der Waals surface area contributed by atoms with Gasteiger partial charge in [-0.3, -0.25) is 9.59 Å². The zero-order valence-electron chi connectivity index (χ0n) is 19.9. The predicted molar refractivity (Wildman–Crippen MR) is 147 cm³/mol. The third-order valence-corrected chi connectivity index (χ3v) is 7.55. The van der Waals surface area contributed by atoms with Gasteiger partial charge in [0.15, 0.2) is 0 Å². The lowest BCUT2D eigenvalue weighted by Gasteiger charge is -2.32. The van der Waals surface area contributed by atoms with Crippen LogP contribution >= 0.6 is 34.8 Å². The van der Waals surface area contributed by atoms with Crippen molar-refractivity contribution in [3.63, 3.8) is 0 Å². The van der Waals surface area contributed by atoms with E-state index in [1.807, 2.05) is 48.5 Å². The fraction of sp³-hybridized carbons (Fsp3) is 0.310. The Hall–Kier alpha value is -2.53. The Morgan fingerprint density at radius 1 is 0.861 bits per heavy atom. The molecule has 1 saturated carbocycles. The molecule has 1 fully saturated rings. The summed E-state index contributed by atoms with van der Waals surface area (Å²) < 4.78 is 0. The summed E-state index contributed by atoms with van der Waals surface area (Å²) in [6.07, 6.45) is 4.50. The van der Waals surface area contributed by atoms with Crippen LogP contribution in [0.2, 0.25) is 15.1 Å². The molecule has 0 spiro atoms. The van der Waals surface area contributed by atoms with Crippen LogP contribution in [0.3, 0.4) is 0 Å². The first-order chi connectivity index (χ1) is 17.4. The number of amides is 2. The highest BCUT2D eigenvalue weighted by Crippen LogP contribution is 2.27. The molecule has 3 aromatic rings. The van der Waals surface area contributed by atoms with Crippen molar-refractivity contribution in [3.8, 4) is 0 Å². The highest BCUT2D eigenvalue weighted by Gasteiger charge is 2.32. The minimum atomic E-state index is -0.708. The largest absolute Gasteiger partial charge is 0.352 e. The minimum Gasteiger partial charge on any atom is -0.352 e. The molecule has 2 amide bonds. The van der Waals surface area contributed by atoms with Crippen LogP contribution in [-0.2, 0) is 29.0 Å². The minimum absolute atomic E-state index is 0.0128. The van der Waals surface area contributed by atoms with Crippen molar-refractivity contribution in [2.75, 3.05) is 0 Å². The van der Waals surface area contributed by atoms with Crippen LogP contribution in [0.25, 0.3) is 0 Å². The van der Waals surface area contributed by atoms with Gasteiger partial charge in [0.25, 0.3) is 0 Å². The molecule has 4 rings (SSSR count). The van der Waals surface area contributed by atoms with E-state index >= 15 is 0 Å². The van der Waals surface area contributed by atoms with E-state index in [9.17, 15) is 9.59 Å². The SMILES string of the molecule is O=C(NC1CCCC1)[C@H](Cc1ccccc1)N(Cc1cccc(Cl)c1)C(=O)Cc1c(Cl)cccc1Cl. The standard InChI is InChI=1S/C29H29Cl3N2O2/c30-22-11-6-10-21(16-22)19-34(28(35)18-24-25(31)14-7-15-26(24)32)27(17-20-8-2-1-3-9-20)29(36)33-23-12-4-5-13-23/h1-3,6-11,14-16,23,27H,4-5,12-13,17-19H2,(H,33,36)/t27-/m0/s1. The van der Waals surface area contributed by atoms with Gasteiger partial charge in [0.2, 0.25) is 11.8 Å². The molecule has 1 atom stereocenters. The number of nitrogens with zero attached hydrogens (tertiary/aromatic N) is 1. The first-order valence-electron chi connectivity index (χ1n) is 12.2. The summed E-state index contributed by atoms with van der Waals surface area (Å²) in [5.74, 6) is -0.376. The lowest BCUT2D eigenvalue weighted by molar-refractivity contribution is -0.141. The molecule has 0 radical (unpaired) electrons. The van der Waals surface area contributed by atoms with Gasteiger partial charge in [0.1, 0.15) is 6.04 Å². The second-order valence-corrected chi connectivity index (χ2v) is 10.5. The average Bonchev–Trinajstić information content (AvgIpc) is 3.37. The maximum atomic E-state index is 13.9. The predicted octanol–water partition coefficient (Wildman–Crippen LogP) is 6.89. The maximum Gasteiger partial charge on any atom is 0.243 e. The van der Waals surface area contributed by atoms with E-state index in [4.69, 9.17) is 34.8 Å². The molecule has 1 aliphatic rings. The molecule has 3 aromatic carbocycles. The monoisotopic (exact) mass is 542 g/mol. The van der Waals surface area contributed by atoms with Crippen molar-refractivity contribution in [2.24, 2.45) is 0 Å². The number of hydrogen-bond donors (Lipinski definition) is 1. The van der Waals surface area contributed by atoms with Crippen LogP contribution in [0.5, 0.6) is 0 Å². The molecular formula is C29H29Cl3N2O2. The van der Waals surface area contributed by atoms with Crippen molar-refractivity contribution in [2.45, 2.75) is 57.2 Å². The van der Waals surface area contributed by atoms with Gasteiger partial charge in [0, 0.05) is 34.1 Å². The Morgan fingerprint density at radius 3 is 2.17 bits per heavy atom. The molecule has 0 saturated heterocycles. The molecule has 0 heterocycles. The van der Waals surface area contributed by atoms with Gasteiger partial charge in [0.05, 0.1) is 6.42 Å². The third-order valence-electron chi connectivity index (χ3n) is 6.60. The van der Waals surface area contributed by atoms with Crippen LogP contribution < -0.4 is 5.32 Å². The molecule has 4 nitrogen and oxygen atoms in total. The molecule has 36 heavy (non-hydrogen) atoms. The lowest BCUT2D eigenvalue weighted by Crippen LogP contribution is -2.52. The second kappa shape index (κ2) is 12.6. The number of rotatable bonds is 9. The summed E-state index contributed by atoms with van der Waals surface area (Å²) in [6.45, 7) is 0.233. The molecule has 0 aromatic heterocycles. The molecule has 1 aliphatic carbocycles. The Bertz CT molecular complexity index is 1180. The number of benzene rings is 3. The Labute approximate surface area is 227 Å². The van der Waals surface area contributed by atoms with E-state index in [2.05, 4.69) is 5.32 Å². The van der Waals surface area contributed by atoms with E-state index in [1.165, 1.54) is 0 Å². The van der Waals surface area contributed by atoms with E-state index in [-0.39, 0.29) is 30.8 Å². The molecule has 0 aliphatic heterocycles. The van der Waals surface area contributed by atoms with Crippen molar-refractivity contribution in [3.05, 3.63) is 105 Å². The number of carbonyl (C=O) groups excluding carboxylic acids is 2. The lowest BCUT2D eigenvalue weighted by atomic mass is 10.0. The normalized spacial score (nSPS) is 14.4. The molecule has 7 heteroatoms. The van der Waals surface area contributed by atoms with Gasteiger partial charge in [-0.05, 0) is 53.8 Å². The van der Waals surface area contributed by atoms with Gasteiger partial charge in [-0.15, -0.1) is 0 Å². The molecule has 188 valence electrons. The number of carbonyl (C=O) groups is 2. The van der Waals surface area contributed by atoms with E-state index < -0.39 is 6.04 Å². The number of nitrogens with one attached hydrogen (secondary N) is 1. The van der Waals surface area contributed by atoms with E-state index in [0.717, 1.165) is 36.8 Å². The zero-order valence-corrected chi connectivity index (χ0v) is 22.2. The van der Waals surface area contributed by atoms with Gasteiger partial charge >= 0.3 is 0 Å². The summed E-state index contributed by atoms with van der Waals surface area (Å²) in [5, 5.41) is 4.63. The van der Waals surface area contributed by atoms with E-state index in [1.54, 1.807) is 29.2 Å². The summed E-state index contributed by atoms with van der Waals surface area (Å²) >= 11 is 19.0. The highest BCUT2D eigenvalue weighted by molar-refractivity contribution is 6.36. The topological polar surface area (TPSA) is 49.4 Å². The Kier molecular flexibility index (Phi) is 9.30. The first kappa shape index (κ1) is 26.5. The fourth-order valence-corrected chi connectivity index (χ4v) is 5.45. The van der Waals surface area contributed by atoms with Crippen LogP contribution in [0, 0.1) is 0 Å². The summed E-state index contributed by atoms with van der Waals surface area (Å²) in [5.41, 5.74) is 2.37. The van der Waals surface area contributed by atoms with Gasteiger partial charge in [-0.2, -0.15) is 0 Å². The summed E-state index contributed by atoms with van der Waals surface area (Å²) in [7, 11) is 0. The molecule has 1 N–H and O–H groups in total. The fourth-order valence-electron chi connectivity index (χ4n) is 4.71. The van der Waals surface area contributed by atoms with Crippen molar-refractivity contribution in [1.82, 2.24) is 10.2 Å².